The predicted molar refractivity (Wildman–Crippen MR) is 183 cm³/mol. The van der Waals surface area contributed by atoms with Gasteiger partial charge in [-0.2, -0.15) is 0 Å². The van der Waals surface area contributed by atoms with Crippen molar-refractivity contribution in [2.24, 2.45) is 23.2 Å². The van der Waals surface area contributed by atoms with Crippen LogP contribution in [0, 0.1) is 23.2 Å². The number of hydrogen-bond acceptors (Lipinski definition) is 4. The first-order chi connectivity index (χ1) is 19.1. The molecule has 0 aliphatic heterocycles. The summed E-state index contributed by atoms with van der Waals surface area (Å²) in [6, 6.07) is 0. The first-order valence-corrected chi connectivity index (χ1v) is 22.5. The predicted octanol–water partition coefficient (Wildman–Crippen LogP) is 10.4. The fraction of sp³-hybridized carbons (Fsp3) is 0.806. The molecule has 6 heteroatoms. The summed E-state index contributed by atoms with van der Waals surface area (Å²) < 4.78 is 19.1. The fourth-order valence-corrected chi connectivity index (χ4v) is 10.1. The summed E-state index contributed by atoms with van der Waals surface area (Å²) in [5, 5.41) is 0.308. The van der Waals surface area contributed by atoms with E-state index < -0.39 is 16.6 Å². The number of esters is 1. The van der Waals surface area contributed by atoms with Gasteiger partial charge in [0.25, 0.3) is 0 Å². The number of allylic oxidation sites excluding steroid dienone is 3. The average molecular weight is 617 g/mol. The highest BCUT2D eigenvalue weighted by atomic mass is 28.4. The van der Waals surface area contributed by atoms with Crippen LogP contribution in [0.25, 0.3) is 0 Å². The van der Waals surface area contributed by atoms with Crippen LogP contribution in [0.4, 0.5) is 0 Å². The van der Waals surface area contributed by atoms with Gasteiger partial charge < -0.3 is 13.6 Å². The Hall–Kier alpha value is -0.956. The SMILES string of the molecule is C=C1/C(=C\C=C2/CCC[C@@]3(C)C2CCC3C(C)CC(=O)OC)CC(O[Si](C)(C)C(C)(C)C)CC1O[Si](C)(C)C(C)(C)C. The quantitative estimate of drug-likeness (QED) is 0.201. The minimum absolute atomic E-state index is 0.00529. The second-order valence-electron chi connectivity index (χ2n) is 17.1. The van der Waals surface area contributed by atoms with Crippen LogP contribution in [0.1, 0.15) is 107 Å². The van der Waals surface area contributed by atoms with Crippen molar-refractivity contribution in [1.82, 2.24) is 0 Å². The van der Waals surface area contributed by atoms with Gasteiger partial charge in [-0.15, -0.1) is 0 Å². The van der Waals surface area contributed by atoms with Crippen LogP contribution in [0.15, 0.2) is 35.5 Å². The van der Waals surface area contributed by atoms with Crippen molar-refractivity contribution < 1.29 is 18.4 Å². The molecule has 3 aliphatic carbocycles. The smallest absolute Gasteiger partial charge is 0.305 e. The molecule has 0 heterocycles. The van der Waals surface area contributed by atoms with Crippen LogP contribution in [0.5, 0.6) is 0 Å². The first-order valence-electron chi connectivity index (χ1n) is 16.6. The van der Waals surface area contributed by atoms with Gasteiger partial charge in [0.2, 0.25) is 0 Å². The van der Waals surface area contributed by atoms with Gasteiger partial charge >= 0.3 is 5.97 Å². The third-order valence-corrected chi connectivity index (χ3v) is 21.2. The highest BCUT2D eigenvalue weighted by Gasteiger charge is 2.51. The normalized spacial score (nSPS) is 32.3. The monoisotopic (exact) mass is 616 g/mol. The molecule has 4 nitrogen and oxygen atoms in total. The minimum Gasteiger partial charge on any atom is -0.469 e. The lowest BCUT2D eigenvalue weighted by atomic mass is 9.61. The molecule has 0 aromatic heterocycles. The summed E-state index contributed by atoms with van der Waals surface area (Å²) in [4.78, 5) is 12.1. The van der Waals surface area contributed by atoms with E-state index in [1.165, 1.54) is 44.8 Å². The van der Waals surface area contributed by atoms with Crippen LogP contribution in [0.2, 0.25) is 36.3 Å². The largest absolute Gasteiger partial charge is 0.469 e. The van der Waals surface area contributed by atoms with Gasteiger partial charge in [-0.3, -0.25) is 4.79 Å². The van der Waals surface area contributed by atoms with Crippen molar-refractivity contribution in [2.45, 2.75) is 155 Å². The molecule has 3 rings (SSSR count). The van der Waals surface area contributed by atoms with E-state index in [1.54, 1.807) is 5.57 Å². The van der Waals surface area contributed by atoms with Crippen LogP contribution in [0.3, 0.4) is 0 Å². The molecule has 0 saturated heterocycles. The fourth-order valence-electron chi connectivity index (χ4n) is 7.47. The standard InChI is InChI=1S/C36H64O4Si2/c1-25(22-33(37)38-10)30-19-20-31-27(16-15-21-36(30,31)9)17-18-28-23-29(39-41(11,12)34(3,4)5)24-32(26(28)2)40-42(13,14)35(6,7)8/h17-18,25,29-32H,2,15-16,19-24H2,1,3-14H3/b27-17+,28-18-/t25?,29?,30?,31?,32?,36-/m1/s1. The highest BCUT2D eigenvalue weighted by Crippen LogP contribution is 2.60. The van der Waals surface area contributed by atoms with Crippen LogP contribution in [-0.4, -0.2) is 41.9 Å². The van der Waals surface area contributed by atoms with Crippen molar-refractivity contribution in [3.05, 3.63) is 35.5 Å². The molecule has 6 atom stereocenters. The van der Waals surface area contributed by atoms with Gasteiger partial charge in [-0.25, -0.2) is 0 Å². The molecule has 5 unspecified atom stereocenters. The molecule has 240 valence electrons. The van der Waals surface area contributed by atoms with E-state index in [0.29, 0.717) is 24.2 Å². The third-order valence-electron chi connectivity index (χ3n) is 12.2. The molecule has 3 fully saturated rings. The Morgan fingerprint density at radius 2 is 1.62 bits per heavy atom. The van der Waals surface area contributed by atoms with Gasteiger partial charge in [0.1, 0.15) is 0 Å². The topological polar surface area (TPSA) is 44.8 Å². The Morgan fingerprint density at radius 1 is 1.02 bits per heavy atom. The summed E-state index contributed by atoms with van der Waals surface area (Å²) in [5.74, 6) is 1.42. The number of methoxy groups -OCH3 is 1. The lowest BCUT2D eigenvalue weighted by molar-refractivity contribution is -0.142. The number of carbonyl (C=O) groups is 1. The van der Waals surface area contributed by atoms with Crippen molar-refractivity contribution in [3.63, 3.8) is 0 Å². The van der Waals surface area contributed by atoms with Crippen LogP contribution < -0.4 is 0 Å². The van der Waals surface area contributed by atoms with Gasteiger partial charge in [0.15, 0.2) is 16.6 Å². The second-order valence-corrected chi connectivity index (χ2v) is 26.6. The Bertz CT molecular complexity index is 1060. The molecule has 0 aromatic carbocycles. The highest BCUT2D eigenvalue weighted by molar-refractivity contribution is 6.74. The van der Waals surface area contributed by atoms with Gasteiger partial charge in [0, 0.05) is 12.8 Å². The lowest BCUT2D eigenvalue weighted by Gasteiger charge is -2.45. The second kappa shape index (κ2) is 12.8. The van der Waals surface area contributed by atoms with E-state index in [9.17, 15) is 4.79 Å². The Kier molecular flexibility index (Phi) is 10.8. The molecular weight excluding hydrogens is 553 g/mol. The molecule has 0 N–H and O–H groups in total. The first kappa shape index (κ1) is 35.5. The minimum atomic E-state index is -1.99. The Morgan fingerprint density at radius 3 is 2.19 bits per heavy atom. The molecule has 3 aliphatic rings. The van der Waals surface area contributed by atoms with E-state index in [2.05, 4.69) is 100 Å². The van der Waals surface area contributed by atoms with Crippen molar-refractivity contribution in [1.29, 1.82) is 0 Å². The number of rotatable bonds is 8. The van der Waals surface area contributed by atoms with Gasteiger partial charge in [-0.05, 0) is 109 Å². The summed E-state index contributed by atoms with van der Waals surface area (Å²) in [6.45, 7) is 32.8. The zero-order valence-electron chi connectivity index (χ0n) is 29.5. The summed E-state index contributed by atoms with van der Waals surface area (Å²) >= 11 is 0. The Labute approximate surface area is 261 Å². The summed E-state index contributed by atoms with van der Waals surface area (Å²) in [6.07, 6.45) is 13.4. The molecule has 3 saturated carbocycles. The van der Waals surface area contributed by atoms with E-state index >= 15 is 0 Å². The average Bonchev–Trinajstić information content (AvgIpc) is 3.20. The van der Waals surface area contributed by atoms with Crippen molar-refractivity contribution >= 4 is 22.6 Å². The van der Waals surface area contributed by atoms with Gasteiger partial charge in [0.05, 0.1) is 19.3 Å². The lowest BCUT2D eigenvalue weighted by Crippen LogP contribution is -2.49. The number of ether oxygens (including phenoxy) is 1. The molecule has 0 bridgehead atoms. The maximum atomic E-state index is 12.1. The van der Waals surface area contributed by atoms with Gasteiger partial charge in [-0.1, -0.05) is 79.7 Å². The molecule has 42 heavy (non-hydrogen) atoms. The Balaban J connectivity index is 1.91. The van der Waals surface area contributed by atoms with Crippen LogP contribution >= 0.6 is 0 Å². The number of hydrogen-bond donors (Lipinski definition) is 0. The molecule has 0 amide bonds. The molecule has 0 radical (unpaired) electrons. The third kappa shape index (κ3) is 7.63. The zero-order chi connectivity index (χ0) is 31.9. The van der Waals surface area contributed by atoms with E-state index in [-0.39, 0.29) is 33.7 Å². The van der Waals surface area contributed by atoms with Crippen LogP contribution in [-0.2, 0) is 18.4 Å². The van der Waals surface area contributed by atoms with E-state index in [0.717, 1.165) is 18.4 Å². The van der Waals surface area contributed by atoms with E-state index in [4.69, 9.17) is 13.6 Å². The maximum Gasteiger partial charge on any atom is 0.305 e. The number of carbonyl (C=O) groups excluding carboxylic acids is 1. The number of fused-ring (bicyclic) bond motifs is 1. The molecule has 0 spiro atoms. The van der Waals surface area contributed by atoms with Crippen molar-refractivity contribution in [2.75, 3.05) is 7.11 Å². The van der Waals surface area contributed by atoms with E-state index in [1.807, 2.05) is 0 Å². The molecule has 0 aromatic rings. The maximum absolute atomic E-state index is 12.1. The summed E-state index contributed by atoms with van der Waals surface area (Å²) in [5.41, 5.74) is 4.30. The summed E-state index contributed by atoms with van der Waals surface area (Å²) in [7, 11) is -2.41. The van der Waals surface area contributed by atoms with Crippen molar-refractivity contribution in [3.8, 4) is 0 Å². The zero-order valence-corrected chi connectivity index (χ0v) is 31.5. The molecular formula is C36H64O4Si2.